The van der Waals surface area contributed by atoms with E-state index >= 15 is 0 Å². The SMILES string of the molecule is S=C(NCCCBr)NNCCN1CCCCC1. The first-order valence-electron chi connectivity index (χ1n) is 6.38. The minimum Gasteiger partial charge on any atom is -0.362 e. The molecule has 1 heterocycles. The number of nitrogens with zero attached hydrogens (tertiary/aromatic N) is 1. The van der Waals surface area contributed by atoms with Gasteiger partial charge in [-0.2, -0.15) is 0 Å². The van der Waals surface area contributed by atoms with Crippen LogP contribution in [0.15, 0.2) is 0 Å². The van der Waals surface area contributed by atoms with Crippen LogP contribution in [0.2, 0.25) is 0 Å². The molecule has 0 atom stereocenters. The highest BCUT2D eigenvalue weighted by molar-refractivity contribution is 9.09. The summed E-state index contributed by atoms with van der Waals surface area (Å²) in [4.78, 5) is 2.50. The zero-order valence-electron chi connectivity index (χ0n) is 10.3. The lowest BCUT2D eigenvalue weighted by Crippen LogP contribution is -2.47. The van der Waals surface area contributed by atoms with Crippen molar-refractivity contribution in [3.63, 3.8) is 0 Å². The van der Waals surface area contributed by atoms with E-state index in [4.69, 9.17) is 12.2 Å². The number of rotatable bonds is 7. The van der Waals surface area contributed by atoms with Crippen molar-refractivity contribution < 1.29 is 0 Å². The molecule has 0 amide bonds. The highest BCUT2D eigenvalue weighted by Gasteiger charge is 2.08. The molecule has 0 radical (unpaired) electrons. The van der Waals surface area contributed by atoms with E-state index in [2.05, 4.69) is 37.0 Å². The number of hydrogen-bond donors (Lipinski definition) is 3. The molecule has 0 aliphatic carbocycles. The molecular weight excluding hydrogens is 300 g/mol. The van der Waals surface area contributed by atoms with Crippen LogP contribution in [0.5, 0.6) is 0 Å². The average Bonchev–Trinajstić information content (AvgIpc) is 2.36. The molecule has 0 spiro atoms. The molecule has 0 aromatic rings. The zero-order valence-corrected chi connectivity index (χ0v) is 12.7. The fourth-order valence-corrected chi connectivity index (χ4v) is 2.31. The number of alkyl halides is 1. The first-order valence-corrected chi connectivity index (χ1v) is 7.91. The summed E-state index contributed by atoms with van der Waals surface area (Å²) >= 11 is 8.51. The van der Waals surface area contributed by atoms with E-state index < -0.39 is 0 Å². The first-order chi connectivity index (χ1) is 8.33. The van der Waals surface area contributed by atoms with Gasteiger partial charge in [-0.3, -0.25) is 5.43 Å². The molecule has 100 valence electrons. The maximum Gasteiger partial charge on any atom is 0.180 e. The maximum atomic E-state index is 5.12. The predicted molar refractivity (Wildman–Crippen MR) is 80.4 cm³/mol. The van der Waals surface area contributed by atoms with Gasteiger partial charge in [0.25, 0.3) is 0 Å². The van der Waals surface area contributed by atoms with Crippen molar-refractivity contribution in [3.05, 3.63) is 0 Å². The quantitative estimate of drug-likeness (QED) is 0.284. The molecule has 1 saturated heterocycles. The van der Waals surface area contributed by atoms with Crippen molar-refractivity contribution in [2.45, 2.75) is 25.7 Å². The normalized spacial score (nSPS) is 16.8. The molecule has 1 rings (SSSR count). The van der Waals surface area contributed by atoms with Crippen molar-refractivity contribution in [1.29, 1.82) is 0 Å². The van der Waals surface area contributed by atoms with Crippen LogP contribution in [0.4, 0.5) is 0 Å². The number of hydrazine groups is 1. The molecule has 0 unspecified atom stereocenters. The maximum absolute atomic E-state index is 5.12. The molecule has 0 aromatic carbocycles. The molecule has 1 aliphatic heterocycles. The van der Waals surface area contributed by atoms with E-state index in [1.165, 1.54) is 32.4 Å². The minimum atomic E-state index is 0.685. The number of hydrogen-bond acceptors (Lipinski definition) is 3. The van der Waals surface area contributed by atoms with E-state index in [0.717, 1.165) is 31.4 Å². The first kappa shape index (κ1) is 15.1. The molecule has 0 aromatic heterocycles. The summed E-state index contributed by atoms with van der Waals surface area (Å²) in [5.74, 6) is 0. The summed E-state index contributed by atoms with van der Waals surface area (Å²) in [6, 6.07) is 0. The lowest BCUT2D eigenvalue weighted by Gasteiger charge is -2.26. The van der Waals surface area contributed by atoms with Gasteiger partial charge in [0.1, 0.15) is 0 Å². The van der Waals surface area contributed by atoms with Crippen LogP contribution in [-0.2, 0) is 0 Å². The number of halogens is 1. The van der Waals surface area contributed by atoms with Crippen LogP contribution < -0.4 is 16.2 Å². The van der Waals surface area contributed by atoms with Crippen LogP contribution in [0, 0.1) is 0 Å². The molecule has 0 bridgehead atoms. The van der Waals surface area contributed by atoms with E-state index in [0.29, 0.717) is 5.11 Å². The van der Waals surface area contributed by atoms with Gasteiger partial charge in [-0.05, 0) is 44.6 Å². The third-order valence-electron chi connectivity index (χ3n) is 2.80. The van der Waals surface area contributed by atoms with Crippen LogP contribution in [0.1, 0.15) is 25.7 Å². The van der Waals surface area contributed by atoms with Crippen molar-refractivity contribution in [3.8, 4) is 0 Å². The molecular formula is C11H23BrN4S. The number of likely N-dealkylation sites (tertiary alicyclic amines) is 1. The van der Waals surface area contributed by atoms with E-state index in [9.17, 15) is 0 Å². The molecule has 17 heavy (non-hydrogen) atoms. The molecule has 0 saturated carbocycles. The van der Waals surface area contributed by atoms with E-state index in [1.54, 1.807) is 0 Å². The van der Waals surface area contributed by atoms with Gasteiger partial charge >= 0.3 is 0 Å². The second kappa shape index (κ2) is 10.1. The molecule has 3 N–H and O–H groups in total. The molecule has 1 fully saturated rings. The number of piperidine rings is 1. The Kier molecular flexibility index (Phi) is 8.96. The van der Waals surface area contributed by atoms with Crippen molar-refractivity contribution in [2.75, 3.05) is 38.1 Å². The Morgan fingerprint density at radius 2 is 1.94 bits per heavy atom. The largest absolute Gasteiger partial charge is 0.362 e. The summed E-state index contributed by atoms with van der Waals surface area (Å²) in [5, 5.41) is 4.83. The molecule has 1 aliphatic rings. The monoisotopic (exact) mass is 322 g/mol. The number of thiocarbonyl (C=S) groups is 1. The summed E-state index contributed by atoms with van der Waals surface area (Å²) < 4.78 is 0. The Balaban J connectivity index is 1.90. The van der Waals surface area contributed by atoms with Crippen molar-refractivity contribution >= 4 is 33.3 Å². The zero-order chi connectivity index (χ0) is 12.3. The summed E-state index contributed by atoms with van der Waals surface area (Å²) in [6.45, 7) is 5.42. The second-order valence-corrected chi connectivity index (χ2v) is 5.45. The average molecular weight is 323 g/mol. The van der Waals surface area contributed by atoms with Crippen LogP contribution >= 0.6 is 28.1 Å². The second-order valence-electron chi connectivity index (χ2n) is 4.25. The van der Waals surface area contributed by atoms with Gasteiger partial charge in [-0.1, -0.05) is 22.4 Å². The Morgan fingerprint density at radius 1 is 1.18 bits per heavy atom. The van der Waals surface area contributed by atoms with Gasteiger partial charge in [-0.25, -0.2) is 5.43 Å². The minimum absolute atomic E-state index is 0.685. The van der Waals surface area contributed by atoms with Crippen molar-refractivity contribution in [2.24, 2.45) is 0 Å². The fourth-order valence-electron chi connectivity index (χ4n) is 1.85. The van der Waals surface area contributed by atoms with Crippen LogP contribution in [0.25, 0.3) is 0 Å². The van der Waals surface area contributed by atoms with Gasteiger partial charge in [-0.15, -0.1) is 0 Å². The van der Waals surface area contributed by atoms with Gasteiger partial charge in [0.2, 0.25) is 0 Å². The van der Waals surface area contributed by atoms with Gasteiger partial charge < -0.3 is 10.2 Å². The lowest BCUT2D eigenvalue weighted by atomic mass is 10.1. The third-order valence-corrected chi connectivity index (χ3v) is 3.61. The highest BCUT2D eigenvalue weighted by Crippen LogP contribution is 2.06. The smallest absolute Gasteiger partial charge is 0.180 e. The molecule has 4 nitrogen and oxygen atoms in total. The van der Waals surface area contributed by atoms with Gasteiger partial charge in [0.15, 0.2) is 5.11 Å². The predicted octanol–water partition coefficient (Wildman–Crippen LogP) is 1.23. The van der Waals surface area contributed by atoms with E-state index in [1.807, 2.05) is 0 Å². The standard InChI is InChI=1S/C11H23BrN4S/c12-5-4-6-13-11(17)15-14-7-10-16-8-2-1-3-9-16/h14H,1-10H2,(H2,13,15,17). The third kappa shape index (κ3) is 7.91. The summed E-state index contributed by atoms with van der Waals surface area (Å²) in [7, 11) is 0. The summed E-state index contributed by atoms with van der Waals surface area (Å²) in [6.07, 6.45) is 5.17. The van der Waals surface area contributed by atoms with Gasteiger partial charge in [0, 0.05) is 25.0 Å². The Bertz CT molecular complexity index is 210. The molecule has 6 heteroatoms. The van der Waals surface area contributed by atoms with Crippen molar-refractivity contribution in [1.82, 2.24) is 21.1 Å². The summed E-state index contributed by atoms with van der Waals surface area (Å²) in [5.41, 5.74) is 6.16. The lowest BCUT2D eigenvalue weighted by molar-refractivity contribution is 0.228. The van der Waals surface area contributed by atoms with Gasteiger partial charge in [0.05, 0.1) is 0 Å². The number of nitrogens with one attached hydrogen (secondary N) is 3. The van der Waals surface area contributed by atoms with Crippen LogP contribution in [-0.4, -0.2) is 48.1 Å². The van der Waals surface area contributed by atoms with E-state index in [-0.39, 0.29) is 0 Å². The highest BCUT2D eigenvalue weighted by atomic mass is 79.9. The van der Waals surface area contributed by atoms with Crippen LogP contribution in [0.3, 0.4) is 0 Å². The fraction of sp³-hybridized carbons (Fsp3) is 0.909. The Hall–Kier alpha value is 0.0900. The Morgan fingerprint density at radius 3 is 2.65 bits per heavy atom. The topological polar surface area (TPSA) is 39.3 Å². The Labute approximate surface area is 118 Å².